The maximum atomic E-state index is 12.6. The number of nitrogens with one attached hydrogen (secondary N) is 1. The van der Waals surface area contributed by atoms with E-state index in [-0.39, 0.29) is 5.91 Å². The predicted molar refractivity (Wildman–Crippen MR) is 107 cm³/mol. The molecule has 1 atom stereocenters. The lowest BCUT2D eigenvalue weighted by atomic mass is 10.1. The summed E-state index contributed by atoms with van der Waals surface area (Å²) in [5.74, 6) is 6.57. The Morgan fingerprint density at radius 1 is 1.19 bits per heavy atom. The zero-order valence-electron chi connectivity index (χ0n) is 16.0. The van der Waals surface area contributed by atoms with Crippen molar-refractivity contribution >= 4 is 23.4 Å². The molecule has 9 heteroatoms. The van der Waals surface area contributed by atoms with Crippen molar-refractivity contribution in [2.75, 3.05) is 11.2 Å². The number of anilines is 1. The molecule has 0 spiro atoms. The van der Waals surface area contributed by atoms with Crippen molar-refractivity contribution in [2.24, 2.45) is 7.05 Å². The zero-order valence-corrected chi connectivity index (χ0v) is 16.8. The largest absolute Gasteiger partial charge is 0.335 e. The standard InChI is InChI=1S/C18H23N7OS/c1-10-6-8-14(9-7-10)16-21-22-18(25(16)19)27-13(4)17(26)20-15-11(2)23-24(5)12(15)3/h6-9,13H,19H2,1-5H3,(H,20,26)/t13-/m1/s1. The number of aromatic nitrogens is 5. The predicted octanol–water partition coefficient (Wildman–Crippen LogP) is 2.44. The molecule has 3 N–H and O–H groups in total. The molecule has 3 aromatic rings. The molecule has 0 unspecified atom stereocenters. The Kier molecular flexibility index (Phi) is 5.22. The van der Waals surface area contributed by atoms with Crippen LogP contribution in [0, 0.1) is 20.8 Å². The molecular weight excluding hydrogens is 362 g/mol. The minimum atomic E-state index is -0.402. The summed E-state index contributed by atoms with van der Waals surface area (Å²) in [6, 6.07) is 7.87. The molecule has 0 fully saturated rings. The van der Waals surface area contributed by atoms with Crippen LogP contribution >= 0.6 is 11.8 Å². The summed E-state index contributed by atoms with van der Waals surface area (Å²) in [4.78, 5) is 12.6. The van der Waals surface area contributed by atoms with E-state index in [0.717, 1.165) is 28.2 Å². The highest BCUT2D eigenvalue weighted by molar-refractivity contribution is 8.00. The Bertz CT molecular complexity index is 975. The van der Waals surface area contributed by atoms with Crippen molar-refractivity contribution in [1.82, 2.24) is 24.7 Å². The fourth-order valence-corrected chi connectivity index (χ4v) is 3.42. The van der Waals surface area contributed by atoms with Crippen molar-refractivity contribution in [3.05, 3.63) is 41.2 Å². The molecule has 0 radical (unpaired) electrons. The van der Waals surface area contributed by atoms with Crippen LogP contribution in [0.1, 0.15) is 23.9 Å². The number of carbonyl (C=O) groups is 1. The first-order valence-corrected chi connectivity index (χ1v) is 9.41. The number of aryl methyl sites for hydroxylation is 3. The van der Waals surface area contributed by atoms with Crippen LogP contribution in [-0.2, 0) is 11.8 Å². The van der Waals surface area contributed by atoms with Crippen LogP contribution in [0.25, 0.3) is 11.4 Å². The maximum absolute atomic E-state index is 12.6. The lowest BCUT2D eigenvalue weighted by Crippen LogP contribution is -2.24. The number of hydrogen-bond acceptors (Lipinski definition) is 6. The van der Waals surface area contributed by atoms with Gasteiger partial charge in [-0.15, -0.1) is 10.2 Å². The number of hydrogen-bond donors (Lipinski definition) is 2. The summed E-state index contributed by atoms with van der Waals surface area (Å²) in [6.45, 7) is 7.61. The van der Waals surface area contributed by atoms with E-state index in [2.05, 4.69) is 20.6 Å². The molecule has 0 saturated heterocycles. The minimum absolute atomic E-state index is 0.140. The van der Waals surface area contributed by atoms with Crippen LogP contribution in [0.4, 0.5) is 5.69 Å². The Morgan fingerprint density at radius 3 is 2.44 bits per heavy atom. The van der Waals surface area contributed by atoms with Gasteiger partial charge in [-0.3, -0.25) is 9.48 Å². The van der Waals surface area contributed by atoms with Crippen LogP contribution in [0.15, 0.2) is 29.4 Å². The van der Waals surface area contributed by atoms with E-state index in [1.165, 1.54) is 16.4 Å². The topological polar surface area (TPSA) is 104 Å². The van der Waals surface area contributed by atoms with E-state index in [9.17, 15) is 4.79 Å². The first kappa shape index (κ1) is 19.0. The summed E-state index contributed by atoms with van der Waals surface area (Å²) in [5, 5.41) is 15.6. The molecule has 3 rings (SSSR count). The van der Waals surface area contributed by atoms with Crippen molar-refractivity contribution in [1.29, 1.82) is 0 Å². The van der Waals surface area contributed by atoms with Crippen LogP contribution in [0.2, 0.25) is 0 Å². The third-order valence-electron chi connectivity index (χ3n) is 4.38. The first-order chi connectivity index (χ1) is 12.8. The van der Waals surface area contributed by atoms with Crippen LogP contribution in [0.5, 0.6) is 0 Å². The number of amides is 1. The maximum Gasteiger partial charge on any atom is 0.237 e. The highest BCUT2D eigenvalue weighted by Crippen LogP contribution is 2.26. The molecule has 2 aromatic heterocycles. The molecule has 2 heterocycles. The van der Waals surface area contributed by atoms with Gasteiger partial charge in [0.05, 0.1) is 22.3 Å². The molecule has 0 aliphatic rings. The molecule has 27 heavy (non-hydrogen) atoms. The van der Waals surface area contributed by atoms with E-state index in [4.69, 9.17) is 5.84 Å². The van der Waals surface area contributed by atoms with Crippen LogP contribution < -0.4 is 11.2 Å². The molecular formula is C18H23N7OS. The normalized spacial score (nSPS) is 12.2. The van der Waals surface area contributed by atoms with E-state index < -0.39 is 5.25 Å². The highest BCUT2D eigenvalue weighted by atomic mass is 32.2. The van der Waals surface area contributed by atoms with Gasteiger partial charge in [0.2, 0.25) is 11.1 Å². The van der Waals surface area contributed by atoms with E-state index in [1.807, 2.05) is 52.1 Å². The van der Waals surface area contributed by atoms with Crippen LogP contribution in [0.3, 0.4) is 0 Å². The monoisotopic (exact) mass is 385 g/mol. The van der Waals surface area contributed by atoms with Gasteiger partial charge in [0.25, 0.3) is 0 Å². The fraction of sp³-hybridized carbons (Fsp3) is 0.333. The molecule has 0 bridgehead atoms. The zero-order chi connectivity index (χ0) is 19.7. The Labute approximate surface area is 162 Å². The van der Waals surface area contributed by atoms with Crippen molar-refractivity contribution < 1.29 is 4.79 Å². The summed E-state index contributed by atoms with van der Waals surface area (Å²) in [7, 11) is 1.85. The quantitative estimate of drug-likeness (QED) is 0.516. The second-order valence-corrected chi connectivity index (χ2v) is 7.77. The van der Waals surface area contributed by atoms with Gasteiger partial charge in [0, 0.05) is 12.6 Å². The Hall–Kier alpha value is -2.81. The second-order valence-electron chi connectivity index (χ2n) is 6.46. The first-order valence-electron chi connectivity index (χ1n) is 8.53. The summed E-state index contributed by atoms with van der Waals surface area (Å²) in [5.41, 5.74) is 4.46. The number of rotatable bonds is 5. The van der Waals surface area contributed by atoms with Gasteiger partial charge >= 0.3 is 0 Å². The third-order valence-corrected chi connectivity index (χ3v) is 5.44. The van der Waals surface area contributed by atoms with Gasteiger partial charge < -0.3 is 11.2 Å². The smallest absolute Gasteiger partial charge is 0.237 e. The van der Waals surface area contributed by atoms with Gasteiger partial charge in [-0.25, -0.2) is 4.68 Å². The lowest BCUT2D eigenvalue weighted by molar-refractivity contribution is -0.115. The molecule has 1 aromatic carbocycles. The number of carbonyl (C=O) groups excluding carboxylic acids is 1. The fourth-order valence-electron chi connectivity index (χ4n) is 2.65. The van der Waals surface area contributed by atoms with Gasteiger partial charge in [-0.1, -0.05) is 41.6 Å². The van der Waals surface area contributed by atoms with Gasteiger partial charge in [-0.05, 0) is 27.7 Å². The number of thioether (sulfide) groups is 1. The van der Waals surface area contributed by atoms with Gasteiger partial charge in [0.15, 0.2) is 5.82 Å². The van der Waals surface area contributed by atoms with Crippen molar-refractivity contribution in [2.45, 2.75) is 38.1 Å². The summed E-state index contributed by atoms with van der Waals surface area (Å²) in [6.07, 6.45) is 0. The summed E-state index contributed by atoms with van der Waals surface area (Å²) >= 11 is 1.26. The minimum Gasteiger partial charge on any atom is -0.335 e. The molecule has 8 nitrogen and oxygen atoms in total. The van der Waals surface area contributed by atoms with Crippen LogP contribution in [-0.4, -0.2) is 35.8 Å². The third kappa shape index (κ3) is 3.82. The molecule has 1 amide bonds. The average Bonchev–Trinajstić information content (AvgIpc) is 3.10. The highest BCUT2D eigenvalue weighted by Gasteiger charge is 2.22. The lowest BCUT2D eigenvalue weighted by Gasteiger charge is -2.12. The Morgan fingerprint density at radius 2 is 1.85 bits per heavy atom. The number of nitrogens with two attached hydrogens (primary N) is 1. The second kappa shape index (κ2) is 7.43. The Balaban J connectivity index is 1.73. The van der Waals surface area contributed by atoms with Gasteiger partial charge in [-0.2, -0.15) is 5.10 Å². The molecule has 0 aliphatic carbocycles. The van der Waals surface area contributed by atoms with Gasteiger partial charge in [0.1, 0.15) is 0 Å². The van der Waals surface area contributed by atoms with Crippen molar-refractivity contribution in [3.8, 4) is 11.4 Å². The number of benzene rings is 1. The van der Waals surface area contributed by atoms with E-state index in [1.54, 1.807) is 11.6 Å². The molecule has 0 saturated carbocycles. The summed E-state index contributed by atoms with van der Waals surface area (Å²) < 4.78 is 3.16. The number of nitrogen functional groups attached to an aromatic ring is 1. The SMILES string of the molecule is Cc1ccc(-c2nnc(S[C@H](C)C(=O)Nc3c(C)nn(C)c3C)n2N)cc1. The average molecular weight is 385 g/mol. The van der Waals surface area contributed by atoms with E-state index in [0.29, 0.717) is 11.0 Å². The number of nitrogens with zero attached hydrogens (tertiary/aromatic N) is 5. The molecule has 142 valence electrons. The van der Waals surface area contributed by atoms with E-state index >= 15 is 0 Å². The molecule has 0 aliphatic heterocycles. The van der Waals surface area contributed by atoms with Crippen molar-refractivity contribution in [3.63, 3.8) is 0 Å².